The molecule has 2 aromatic rings. The molecule has 0 saturated heterocycles. The number of H-pyrrole nitrogens is 1. The monoisotopic (exact) mass is 288 g/mol. The van der Waals surface area contributed by atoms with Gasteiger partial charge in [0.2, 0.25) is 0 Å². The first-order valence-electron chi connectivity index (χ1n) is 3.48. The van der Waals surface area contributed by atoms with Gasteiger partial charge in [-0.25, -0.2) is 4.98 Å². The number of rotatable bonds is 1. The lowest BCUT2D eigenvalue weighted by Gasteiger charge is -1.97. The van der Waals surface area contributed by atoms with E-state index < -0.39 is 0 Å². The highest BCUT2D eigenvalue weighted by molar-refractivity contribution is 9.10. The summed E-state index contributed by atoms with van der Waals surface area (Å²) in [6.07, 6.45) is 1.71. The van der Waals surface area contributed by atoms with Crippen LogP contribution in [0.4, 0.5) is 0 Å². The first-order valence-corrected chi connectivity index (χ1v) is 5.40. The zero-order chi connectivity index (χ0) is 8.55. The van der Waals surface area contributed by atoms with Gasteiger partial charge < -0.3 is 4.98 Å². The van der Waals surface area contributed by atoms with Crippen molar-refractivity contribution in [2.45, 2.75) is 5.33 Å². The second-order valence-corrected chi connectivity index (χ2v) is 3.97. The molecule has 2 nitrogen and oxygen atoms in total. The van der Waals surface area contributed by atoms with Crippen LogP contribution in [-0.2, 0) is 5.33 Å². The average Bonchev–Trinajstić information content (AvgIpc) is 2.50. The van der Waals surface area contributed by atoms with E-state index in [4.69, 9.17) is 0 Å². The van der Waals surface area contributed by atoms with Crippen LogP contribution < -0.4 is 0 Å². The van der Waals surface area contributed by atoms with Gasteiger partial charge in [-0.1, -0.05) is 31.9 Å². The normalized spacial score (nSPS) is 10.8. The van der Waals surface area contributed by atoms with Crippen molar-refractivity contribution in [2.75, 3.05) is 0 Å². The maximum Gasteiger partial charge on any atom is 0.0932 e. The smallest absolute Gasteiger partial charge is 0.0932 e. The second kappa shape index (κ2) is 3.18. The lowest BCUT2D eigenvalue weighted by Crippen LogP contribution is -1.81. The number of imidazole rings is 1. The summed E-state index contributed by atoms with van der Waals surface area (Å²) in [4.78, 5) is 7.30. The minimum Gasteiger partial charge on any atom is -0.345 e. The van der Waals surface area contributed by atoms with Crippen molar-refractivity contribution in [2.24, 2.45) is 0 Å². The first-order chi connectivity index (χ1) is 5.81. The van der Waals surface area contributed by atoms with E-state index in [2.05, 4.69) is 47.9 Å². The number of aromatic amines is 1. The topological polar surface area (TPSA) is 28.7 Å². The Bertz CT molecular complexity index is 408. The predicted octanol–water partition coefficient (Wildman–Crippen LogP) is 3.22. The van der Waals surface area contributed by atoms with Crippen LogP contribution in [0.3, 0.4) is 0 Å². The Balaban J connectivity index is 2.80. The molecule has 62 valence electrons. The van der Waals surface area contributed by atoms with Crippen LogP contribution in [0.1, 0.15) is 5.56 Å². The molecule has 12 heavy (non-hydrogen) atoms. The summed E-state index contributed by atoms with van der Waals surface area (Å²) in [5.74, 6) is 0. The van der Waals surface area contributed by atoms with Crippen molar-refractivity contribution in [3.63, 3.8) is 0 Å². The number of hydrogen-bond donors (Lipinski definition) is 1. The van der Waals surface area contributed by atoms with Crippen molar-refractivity contribution in [1.82, 2.24) is 9.97 Å². The fourth-order valence-corrected chi connectivity index (χ4v) is 2.12. The summed E-state index contributed by atoms with van der Waals surface area (Å²) < 4.78 is 1.08. The molecule has 0 amide bonds. The van der Waals surface area contributed by atoms with Gasteiger partial charge in [0.25, 0.3) is 0 Å². The number of alkyl halides is 1. The van der Waals surface area contributed by atoms with E-state index in [1.165, 1.54) is 5.56 Å². The SMILES string of the molecule is BrCc1cc(Br)cc2[nH]cnc12. The van der Waals surface area contributed by atoms with E-state index in [-0.39, 0.29) is 0 Å². The number of halogens is 2. The summed E-state index contributed by atoms with van der Waals surface area (Å²) in [7, 11) is 0. The largest absolute Gasteiger partial charge is 0.345 e. The molecule has 0 aliphatic carbocycles. The maximum absolute atomic E-state index is 4.22. The standard InChI is InChI=1S/C8H6Br2N2/c9-3-5-1-6(10)2-7-8(5)12-4-11-7/h1-2,4H,3H2,(H,11,12). The van der Waals surface area contributed by atoms with Crippen molar-refractivity contribution in [3.05, 3.63) is 28.5 Å². The quantitative estimate of drug-likeness (QED) is 0.803. The Labute approximate surface area is 86.6 Å². The molecule has 0 atom stereocenters. The van der Waals surface area contributed by atoms with Gasteiger partial charge in [0.05, 0.1) is 17.4 Å². The molecule has 0 unspecified atom stereocenters. The molecule has 0 aliphatic heterocycles. The van der Waals surface area contributed by atoms with Crippen LogP contribution in [0.15, 0.2) is 22.9 Å². The van der Waals surface area contributed by atoms with Gasteiger partial charge in [-0.3, -0.25) is 0 Å². The van der Waals surface area contributed by atoms with Gasteiger partial charge in [-0.15, -0.1) is 0 Å². The summed E-state index contributed by atoms with van der Waals surface area (Å²) in [5.41, 5.74) is 3.30. The third kappa shape index (κ3) is 1.29. The molecule has 1 aromatic carbocycles. The van der Waals surface area contributed by atoms with E-state index in [1.807, 2.05) is 6.07 Å². The van der Waals surface area contributed by atoms with Crippen molar-refractivity contribution < 1.29 is 0 Å². The minimum atomic E-state index is 0.827. The number of hydrogen-bond acceptors (Lipinski definition) is 1. The summed E-state index contributed by atoms with van der Waals surface area (Å²) in [6, 6.07) is 4.09. The Morgan fingerprint density at radius 3 is 3.00 bits per heavy atom. The molecule has 0 fully saturated rings. The number of fused-ring (bicyclic) bond motifs is 1. The van der Waals surface area contributed by atoms with E-state index in [1.54, 1.807) is 6.33 Å². The molecule has 1 N–H and O–H groups in total. The molecule has 0 spiro atoms. The fraction of sp³-hybridized carbons (Fsp3) is 0.125. The van der Waals surface area contributed by atoms with Gasteiger partial charge >= 0.3 is 0 Å². The summed E-state index contributed by atoms with van der Waals surface area (Å²) >= 11 is 6.86. The minimum absolute atomic E-state index is 0.827. The predicted molar refractivity (Wildman–Crippen MR) is 56.4 cm³/mol. The van der Waals surface area contributed by atoms with Crippen LogP contribution in [0.2, 0.25) is 0 Å². The lowest BCUT2D eigenvalue weighted by molar-refractivity contribution is 1.33. The zero-order valence-electron chi connectivity index (χ0n) is 6.14. The molecule has 0 bridgehead atoms. The second-order valence-electron chi connectivity index (χ2n) is 2.50. The van der Waals surface area contributed by atoms with Crippen molar-refractivity contribution in [1.29, 1.82) is 0 Å². The highest BCUT2D eigenvalue weighted by Gasteiger charge is 2.03. The van der Waals surface area contributed by atoms with Gasteiger partial charge in [-0.2, -0.15) is 0 Å². The Morgan fingerprint density at radius 2 is 2.25 bits per heavy atom. The van der Waals surface area contributed by atoms with Gasteiger partial charge in [0.15, 0.2) is 0 Å². The molecule has 0 radical (unpaired) electrons. The number of nitrogens with zero attached hydrogens (tertiary/aromatic N) is 1. The van der Waals surface area contributed by atoms with Gasteiger partial charge in [-0.05, 0) is 17.7 Å². The summed E-state index contributed by atoms with van der Waals surface area (Å²) in [6.45, 7) is 0. The van der Waals surface area contributed by atoms with Crippen molar-refractivity contribution in [3.8, 4) is 0 Å². The average molecular weight is 290 g/mol. The van der Waals surface area contributed by atoms with E-state index in [0.29, 0.717) is 0 Å². The Morgan fingerprint density at radius 1 is 1.42 bits per heavy atom. The zero-order valence-corrected chi connectivity index (χ0v) is 9.31. The van der Waals surface area contributed by atoms with Crippen LogP contribution in [0.5, 0.6) is 0 Å². The lowest BCUT2D eigenvalue weighted by atomic mass is 10.2. The highest BCUT2D eigenvalue weighted by atomic mass is 79.9. The molecule has 2 rings (SSSR count). The van der Waals surface area contributed by atoms with E-state index in [9.17, 15) is 0 Å². The van der Waals surface area contributed by atoms with Crippen molar-refractivity contribution >= 4 is 42.9 Å². The third-order valence-electron chi connectivity index (χ3n) is 1.71. The molecule has 4 heteroatoms. The molecular formula is C8H6Br2N2. The Hall–Kier alpha value is -0.350. The van der Waals surface area contributed by atoms with E-state index >= 15 is 0 Å². The van der Waals surface area contributed by atoms with Crippen LogP contribution in [-0.4, -0.2) is 9.97 Å². The molecule has 1 heterocycles. The van der Waals surface area contributed by atoms with E-state index in [0.717, 1.165) is 20.8 Å². The maximum atomic E-state index is 4.22. The third-order valence-corrected chi connectivity index (χ3v) is 2.77. The van der Waals surface area contributed by atoms with Crippen LogP contribution in [0, 0.1) is 0 Å². The van der Waals surface area contributed by atoms with Gasteiger partial charge in [0.1, 0.15) is 0 Å². The number of nitrogens with one attached hydrogen (secondary N) is 1. The number of aromatic nitrogens is 2. The summed E-state index contributed by atoms with van der Waals surface area (Å²) in [5, 5.41) is 0.827. The molecule has 1 aromatic heterocycles. The first kappa shape index (κ1) is 8.26. The number of benzene rings is 1. The molecular weight excluding hydrogens is 284 g/mol. The highest BCUT2D eigenvalue weighted by Crippen LogP contribution is 2.23. The fourth-order valence-electron chi connectivity index (χ4n) is 1.19. The van der Waals surface area contributed by atoms with Crippen LogP contribution >= 0.6 is 31.9 Å². The molecule has 0 aliphatic rings. The van der Waals surface area contributed by atoms with Gasteiger partial charge in [0, 0.05) is 9.80 Å². The van der Waals surface area contributed by atoms with Crippen LogP contribution in [0.25, 0.3) is 11.0 Å². The Kier molecular flexibility index (Phi) is 2.19. The molecule has 0 saturated carbocycles.